The molecule has 1 aliphatic heterocycles. The number of aromatic carboxylic acids is 1. The SMILES string of the molecule is N#Cc1ccc(COc2nccc(-c3cc(F)c(Cc4nc5ccc(C(=O)O)cc5n4C[C@@H]4CCO4)c(F)c3)n2)c(F)c1. The summed E-state index contributed by atoms with van der Waals surface area (Å²) in [7, 11) is 0. The predicted molar refractivity (Wildman–Crippen MR) is 147 cm³/mol. The lowest BCUT2D eigenvalue weighted by molar-refractivity contribution is -0.0589. The van der Waals surface area contributed by atoms with Gasteiger partial charge in [0.25, 0.3) is 0 Å². The first kappa shape index (κ1) is 27.9. The van der Waals surface area contributed by atoms with E-state index in [1.807, 2.05) is 6.07 Å². The largest absolute Gasteiger partial charge is 0.478 e. The molecule has 2 aromatic heterocycles. The molecule has 216 valence electrons. The Hall–Kier alpha value is -5.28. The van der Waals surface area contributed by atoms with E-state index in [0.29, 0.717) is 30.0 Å². The molecule has 0 aliphatic carbocycles. The molecule has 0 bridgehead atoms. The predicted octanol–water partition coefficient (Wildman–Crippen LogP) is 5.44. The second-order valence-electron chi connectivity index (χ2n) is 9.96. The van der Waals surface area contributed by atoms with Crippen molar-refractivity contribution >= 4 is 17.0 Å². The molecule has 0 spiro atoms. The van der Waals surface area contributed by atoms with E-state index in [2.05, 4.69) is 15.0 Å². The Morgan fingerprint density at radius 2 is 1.86 bits per heavy atom. The lowest BCUT2D eigenvalue weighted by Crippen LogP contribution is -2.31. The third-order valence-corrected chi connectivity index (χ3v) is 7.20. The van der Waals surface area contributed by atoms with Crippen LogP contribution in [0.3, 0.4) is 0 Å². The Kier molecular flexibility index (Phi) is 7.48. The third kappa shape index (κ3) is 5.75. The normalized spacial score (nSPS) is 14.3. The molecular weight excluding hydrogens is 563 g/mol. The number of aromatic nitrogens is 4. The fourth-order valence-electron chi connectivity index (χ4n) is 4.80. The van der Waals surface area contributed by atoms with Gasteiger partial charge in [-0.05, 0) is 55.0 Å². The summed E-state index contributed by atoms with van der Waals surface area (Å²) in [5, 5.41) is 18.3. The molecule has 1 fully saturated rings. The van der Waals surface area contributed by atoms with Crippen LogP contribution in [0.1, 0.15) is 39.3 Å². The molecule has 43 heavy (non-hydrogen) atoms. The summed E-state index contributed by atoms with van der Waals surface area (Å²) >= 11 is 0. The minimum atomic E-state index is -1.09. The molecule has 3 aromatic carbocycles. The molecule has 1 N–H and O–H groups in total. The van der Waals surface area contributed by atoms with Crippen LogP contribution in [0.4, 0.5) is 13.2 Å². The van der Waals surface area contributed by atoms with Gasteiger partial charge in [0.1, 0.15) is 29.9 Å². The highest BCUT2D eigenvalue weighted by molar-refractivity contribution is 5.92. The van der Waals surface area contributed by atoms with E-state index < -0.39 is 23.4 Å². The van der Waals surface area contributed by atoms with Crippen LogP contribution in [-0.4, -0.2) is 43.3 Å². The average molecular weight is 586 g/mol. The lowest BCUT2D eigenvalue weighted by atomic mass is 10.0. The van der Waals surface area contributed by atoms with Gasteiger partial charge in [-0.2, -0.15) is 10.2 Å². The van der Waals surface area contributed by atoms with Gasteiger partial charge in [0.05, 0.1) is 46.6 Å². The Bertz CT molecular complexity index is 1890. The zero-order valence-corrected chi connectivity index (χ0v) is 22.4. The van der Waals surface area contributed by atoms with Crippen LogP contribution >= 0.6 is 0 Å². The van der Waals surface area contributed by atoms with E-state index in [1.165, 1.54) is 36.5 Å². The number of hydrogen-bond donors (Lipinski definition) is 1. The average Bonchev–Trinajstić information content (AvgIpc) is 3.32. The summed E-state index contributed by atoms with van der Waals surface area (Å²) in [5.74, 6) is -2.98. The third-order valence-electron chi connectivity index (χ3n) is 7.20. The Labute approximate surface area is 242 Å². The summed E-state index contributed by atoms with van der Waals surface area (Å²) < 4.78 is 57.9. The Balaban J connectivity index is 1.26. The highest BCUT2D eigenvalue weighted by Crippen LogP contribution is 2.28. The van der Waals surface area contributed by atoms with Crippen LogP contribution in [0.25, 0.3) is 22.3 Å². The number of hydrogen-bond acceptors (Lipinski definition) is 7. The maximum Gasteiger partial charge on any atom is 0.335 e. The zero-order chi connectivity index (χ0) is 30.1. The molecule has 0 amide bonds. The number of carboxylic acid groups (broad SMARTS) is 1. The number of nitrogens with zero attached hydrogens (tertiary/aromatic N) is 5. The number of benzene rings is 3. The van der Waals surface area contributed by atoms with Gasteiger partial charge in [-0.1, -0.05) is 6.07 Å². The van der Waals surface area contributed by atoms with Crippen LogP contribution < -0.4 is 4.74 Å². The molecule has 1 aliphatic rings. The van der Waals surface area contributed by atoms with E-state index in [1.54, 1.807) is 10.6 Å². The number of imidazole rings is 1. The van der Waals surface area contributed by atoms with Gasteiger partial charge >= 0.3 is 12.0 Å². The van der Waals surface area contributed by atoms with Gasteiger partial charge in [-0.15, -0.1) is 0 Å². The van der Waals surface area contributed by atoms with Crippen LogP contribution in [0.15, 0.2) is 60.8 Å². The molecule has 1 saturated heterocycles. The van der Waals surface area contributed by atoms with E-state index in [4.69, 9.17) is 14.7 Å². The molecule has 5 aromatic rings. The number of ether oxygens (including phenoxy) is 2. The van der Waals surface area contributed by atoms with Gasteiger partial charge in [0, 0.05) is 35.9 Å². The molecule has 0 radical (unpaired) electrons. The van der Waals surface area contributed by atoms with Crippen molar-refractivity contribution < 1.29 is 32.5 Å². The fourth-order valence-corrected chi connectivity index (χ4v) is 4.80. The molecule has 12 heteroatoms. The fraction of sp³-hybridized carbons (Fsp3) is 0.194. The van der Waals surface area contributed by atoms with Gasteiger partial charge in [0.15, 0.2) is 0 Å². The number of carboxylic acids is 1. The van der Waals surface area contributed by atoms with E-state index >= 15 is 8.78 Å². The smallest absolute Gasteiger partial charge is 0.335 e. The van der Waals surface area contributed by atoms with Crippen molar-refractivity contribution in [3.8, 4) is 23.3 Å². The topological polar surface area (TPSA) is 123 Å². The maximum atomic E-state index is 15.4. The summed E-state index contributed by atoms with van der Waals surface area (Å²) in [4.78, 5) is 24.3. The zero-order valence-electron chi connectivity index (χ0n) is 22.4. The first-order valence-electron chi connectivity index (χ1n) is 13.3. The minimum absolute atomic E-state index is 0.0756. The van der Waals surface area contributed by atoms with Crippen LogP contribution in [0.2, 0.25) is 0 Å². The number of carbonyl (C=O) groups is 1. The van der Waals surface area contributed by atoms with Crippen molar-refractivity contribution in [2.75, 3.05) is 6.61 Å². The molecule has 9 nitrogen and oxygen atoms in total. The quantitative estimate of drug-likeness (QED) is 0.243. The second kappa shape index (κ2) is 11.5. The Morgan fingerprint density at radius 3 is 2.53 bits per heavy atom. The molecule has 0 unspecified atom stereocenters. The molecule has 6 rings (SSSR count). The number of nitriles is 1. The highest BCUT2D eigenvalue weighted by atomic mass is 19.1. The molecule has 0 saturated carbocycles. The standard InChI is InChI=1S/C31H22F3N5O4/c32-23-9-17(14-35)1-2-19(23)16-43-31-36-7-5-26(38-31)20-10-24(33)22(25(34)11-20)13-29-37-27-4-3-18(30(40)41)12-28(27)39(29)15-21-6-8-42-21/h1-5,7,9-12,21H,6,8,13,15-16H2,(H,40,41)/t21-/m0/s1. The van der Waals surface area contributed by atoms with E-state index in [9.17, 15) is 14.3 Å². The van der Waals surface area contributed by atoms with E-state index in [0.717, 1.165) is 24.6 Å². The maximum absolute atomic E-state index is 15.4. The van der Waals surface area contributed by atoms with Gasteiger partial charge in [-0.25, -0.2) is 27.9 Å². The van der Waals surface area contributed by atoms with Gasteiger partial charge < -0.3 is 19.1 Å². The van der Waals surface area contributed by atoms with Crippen LogP contribution in [-0.2, 0) is 24.3 Å². The number of halogens is 3. The van der Waals surface area contributed by atoms with E-state index in [-0.39, 0.29) is 58.7 Å². The summed E-state index contributed by atoms with van der Waals surface area (Å²) in [6.45, 7) is 0.760. The first-order chi connectivity index (χ1) is 20.8. The van der Waals surface area contributed by atoms with Gasteiger partial charge in [-0.3, -0.25) is 0 Å². The van der Waals surface area contributed by atoms with Crippen LogP contribution in [0.5, 0.6) is 6.01 Å². The molecule has 3 heterocycles. The van der Waals surface area contributed by atoms with Crippen molar-refractivity contribution in [2.24, 2.45) is 0 Å². The monoisotopic (exact) mass is 585 g/mol. The van der Waals surface area contributed by atoms with Crippen molar-refractivity contribution in [3.05, 3.63) is 106 Å². The van der Waals surface area contributed by atoms with Crippen molar-refractivity contribution in [3.63, 3.8) is 0 Å². The summed E-state index contributed by atoms with van der Waals surface area (Å²) in [6.07, 6.45) is 1.87. The molecule has 1 atom stereocenters. The minimum Gasteiger partial charge on any atom is -0.478 e. The van der Waals surface area contributed by atoms with Gasteiger partial charge in [0.2, 0.25) is 0 Å². The lowest BCUT2D eigenvalue weighted by Gasteiger charge is -2.27. The number of rotatable bonds is 9. The van der Waals surface area contributed by atoms with Crippen molar-refractivity contribution in [2.45, 2.75) is 32.1 Å². The molecular formula is C31H22F3N5O4. The highest BCUT2D eigenvalue weighted by Gasteiger charge is 2.24. The van der Waals surface area contributed by atoms with Crippen molar-refractivity contribution in [1.82, 2.24) is 19.5 Å². The Morgan fingerprint density at radius 1 is 1.07 bits per heavy atom. The number of fused-ring (bicyclic) bond motifs is 1. The summed E-state index contributed by atoms with van der Waals surface area (Å²) in [5.41, 5.74) is 1.58. The van der Waals surface area contributed by atoms with Crippen molar-refractivity contribution in [1.29, 1.82) is 5.26 Å². The second-order valence-corrected chi connectivity index (χ2v) is 9.96. The summed E-state index contributed by atoms with van der Waals surface area (Å²) in [6, 6.07) is 13.9. The first-order valence-corrected chi connectivity index (χ1v) is 13.3. The van der Waals surface area contributed by atoms with Crippen LogP contribution in [0, 0.1) is 28.8 Å².